The number of hydrogen-bond donors (Lipinski definition) is 3. The van der Waals surface area contributed by atoms with E-state index in [4.69, 9.17) is 4.74 Å². The van der Waals surface area contributed by atoms with Crippen molar-refractivity contribution < 1.29 is 14.6 Å². The van der Waals surface area contributed by atoms with E-state index in [0.717, 1.165) is 18.4 Å². The van der Waals surface area contributed by atoms with Gasteiger partial charge in [0.15, 0.2) is 0 Å². The third-order valence-electron chi connectivity index (χ3n) is 4.08. The lowest BCUT2D eigenvalue weighted by Crippen LogP contribution is -2.46. The van der Waals surface area contributed by atoms with Gasteiger partial charge in [-0.25, -0.2) is 4.79 Å². The largest absolute Gasteiger partial charge is 0.383 e. The molecule has 0 bridgehead atoms. The highest BCUT2D eigenvalue weighted by atomic mass is 16.5. The molecule has 2 rings (SSSR count). The third kappa shape index (κ3) is 5.22. The molecule has 0 aliphatic heterocycles. The zero-order valence-corrected chi connectivity index (χ0v) is 14.1. The number of fused-ring (bicyclic) bond motifs is 1. The molecule has 23 heavy (non-hydrogen) atoms. The van der Waals surface area contributed by atoms with Crippen molar-refractivity contribution in [3.05, 3.63) is 35.4 Å². The Morgan fingerprint density at radius 3 is 2.91 bits per heavy atom. The maximum absolute atomic E-state index is 11.8. The predicted molar refractivity (Wildman–Crippen MR) is 90.3 cm³/mol. The van der Waals surface area contributed by atoms with Crippen molar-refractivity contribution >= 4 is 6.03 Å². The van der Waals surface area contributed by atoms with Crippen LogP contribution in [0.4, 0.5) is 4.79 Å². The van der Waals surface area contributed by atoms with Gasteiger partial charge in [-0.05, 0) is 36.3 Å². The second kappa shape index (κ2) is 8.31. The van der Waals surface area contributed by atoms with Crippen LogP contribution in [0.25, 0.3) is 0 Å². The first kappa shape index (κ1) is 17.8. The molecule has 2 amide bonds. The quantitative estimate of drug-likeness (QED) is 0.674. The van der Waals surface area contributed by atoms with Crippen LogP contribution in [0, 0.1) is 5.92 Å². The highest BCUT2D eigenvalue weighted by Gasteiger charge is 2.34. The summed E-state index contributed by atoms with van der Waals surface area (Å²) in [5.74, 6) is 0.490. The molecule has 0 fully saturated rings. The van der Waals surface area contributed by atoms with E-state index in [2.05, 4.69) is 24.5 Å². The molecule has 0 spiro atoms. The standard InChI is InChI=1S/C18H28N2O3/c1-14(2)12-23-11-10-19-17(21)20-13-18(22)9-5-7-15-6-3-4-8-16(15)18/h3-4,6,8,14,22H,5,7,9-13H2,1-2H3,(H2,19,20,21). The fourth-order valence-corrected chi connectivity index (χ4v) is 2.93. The number of hydrogen-bond acceptors (Lipinski definition) is 3. The Hall–Kier alpha value is -1.59. The normalized spacial score (nSPS) is 20.2. The number of amides is 2. The Kier molecular flexibility index (Phi) is 6.42. The smallest absolute Gasteiger partial charge is 0.314 e. The molecule has 0 radical (unpaired) electrons. The number of carbonyl (C=O) groups excluding carboxylic acids is 1. The molecule has 1 aliphatic carbocycles. The van der Waals surface area contributed by atoms with Crippen LogP contribution in [0.1, 0.15) is 37.8 Å². The van der Waals surface area contributed by atoms with Crippen LogP contribution >= 0.6 is 0 Å². The lowest BCUT2D eigenvalue weighted by molar-refractivity contribution is 0.0216. The molecule has 5 heteroatoms. The summed E-state index contributed by atoms with van der Waals surface area (Å²) in [5, 5.41) is 16.4. The zero-order valence-electron chi connectivity index (χ0n) is 14.1. The SMILES string of the molecule is CC(C)COCCNC(=O)NCC1(O)CCCc2ccccc21. The minimum Gasteiger partial charge on any atom is -0.383 e. The molecule has 0 aromatic heterocycles. The fourth-order valence-electron chi connectivity index (χ4n) is 2.93. The van der Waals surface area contributed by atoms with Crippen molar-refractivity contribution in [3.8, 4) is 0 Å². The van der Waals surface area contributed by atoms with E-state index in [1.807, 2.05) is 24.3 Å². The molecular weight excluding hydrogens is 292 g/mol. The maximum Gasteiger partial charge on any atom is 0.314 e. The number of aryl methyl sites for hydroxylation is 1. The first-order valence-electron chi connectivity index (χ1n) is 8.41. The Morgan fingerprint density at radius 2 is 2.13 bits per heavy atom. The molecule has 128 valence electrons. The Morgan fingerprint density at radius 1 is 1.35 bits per heavy atom. The Balaban J connectivity index is 1.76. The van der Waals surface area contributed by atoms with Gasteiger partial charge in [0.1, 0.15) is 5.60 Å². The van der Waals surface area contributed by atoms with Crippen LogP contribution in [-0.2, 0) is 16.8 Å². The van der Waals surface area contributed by atoms with Gasteiger partial charge in [-0.15, -0.1) is 0 Å². The van der Waals surface area contributed by atoms with Gasteiger partial charge in [0.2, 0.25) is 0 Å². The van der Waals surface area contributed by atoms with Crippen LogP contribution in [0.15, 0.2) is 24.3 Å². The Labute approximate surface area is 138 Å². The minimum absolute atomic E-state index is 0.225. The topological polar surface area (TPSA) is 70.6 Å². The van der Waals surface area contributed by atoms with E-state index in [-0.39, 0.29) is 12.6 Å². The number of rotatable bonds is 7. The molecule has 1 aliphatic rings. The lowest BCUT2D eigenvalue weighted by atomic mass is 9.79. The molecule has 5 nitrogen and oxygen atoms in total. The van der Waals surface area contributed by atoms with Crippen molar-refractivity contribution in [1.82, 2.24) is 10.6 Å². The third-order valence-corrected chi connectivity index (χ3v) is 4.08. The van der Waals surface area contributed by atoms with Gasteiger partial charge in [0.05, 0.1) is 13.2 Å². The molecule has 3 N–H and O–H groups in total. The molecule has 1 aromatic rings. The van der Waals surface area contributed by atoms with Crippen molar-refractivity contribution in [2.45, 2.75) is 38.7 Å². The summed E-state index contributed by atoms with van der Waals surface area (Å²) in [6.07, 6.45) is 2.58. The maximum atomic E-state index is 11.8. The summed E-state index contributed by atoms with van der Waals surface area (Å²) in [6.45, 7) is 6.06. The number of benzene rings is 1. The lowest BCUT2D eigenvalue weighted by Gasteiger charge is -2.34. The molecular formula is C18H28N2O3. The van der Waals surface area contributed by atoms with E-state index in [9.17, 15) is 9.90 Å². The van der Waals surface area contributed by atoms with E-state index < -0.39 is 5.60 Å². The summed E-state index contributed by atoms with van der Waals surface area (Å²) < 4.78 is 5.41. The number of ether oxygens (including phenoxy) is 1. The number of aliphatic hydroxyl groups is 1. The average molecular weight is 320 g/mol. The number of urea groups is 1. The van der Waals surface area contributed by atoms with Crippen LogP contribution in [0.2, 0.25) is 0 Å². The van der Waals surface area contributed by atoms with E-state index >= 15 is 0 Å². The number of carbonyl (C=O) groups is 1. The van der Waals surface area contributed by atoms with Crippen LogP contribution < -0.4 is 10.6 Å². The van der Waals surface area contributed by atoms with Gasteiger partial charge >= 0.3 is 6.03 Å². The molecule has 1 atom stereocenters. The van der Waals surface area contributed by atoms with E-state index in [1.165, 1.54) is 5.56 Å². The van der Waals surface area contributed by atoms with Gasteiger partial charge in [-0.1, -0.05) is 38.1 Å². The van der Waals surface area contributed by atoms with Crippen molar-refractivity contribution in [2.24, 2.45) is 5.92 Å². The molecule has 0 saturated carbocycles. The molecule has 0 heterocycles. The zero-order chi connectivity index (χ0) is 16.7. The monoisotopic (exact) mass is 320 g/mol. The van der Waals surface area contributed by atoms with Gasteiger partial charge in [0.25, 0.3) is 0 Å². The summed E-state index contributed by atoms with van der Waals surface area (Å²) in [7, 11) is 0. The first-order valence-corrected chi connectivity index (χ1v) is 8.41. The van der Waals surface area contributed by atoms with Crippen LogP contribution in [0.3, 0.4) is 0 Å². The minimum atomic E-state index is -0.972. The highest BCUT2D eigenvalue weighted by Crippen LogP contribution is 2.34. The summed E-state index contributed by atoms with van der Waals surface area (Å²) in [4.78, 5) is 11.8. The van der Waals surface area contributed by atoms with Crippen molar-refractivity contribution in [3.63, 3.8) is 0 Å². The molecule has 1 unspecified atom stereocenters. The van der Waals surface area contributed by atoms with Crippen LogP contribution in [-0.4, -0.2) is 37.4 Å². The summed E-state index contributed by atoms with van der Waals surface area (Å²) in [6, 6.07) is 7.65. The van der Waals surface area contributed by atoms with Crippen LogP contribution in [0.5, 0.6) is 0 Å². The second-order valence-electron chi connectivity index (χ2n) is 6.62. The van der Waals surface area contributed by atoms with Gasteiger partial charge in [-0.3, -0.25) is 0 Å². The average Bonchev–Trinajstić information content (AvgIpc) is 2.53. The van der Waals surface area contributed by atoms with Crippen molar-refractivity contribution in [1.29, 1.82) is 0 Å². The highest BCUT2D eigenvalue weighted by molar-refractivity contribution is 5.73. The first-order chi connectivity index (χ1) is 11.0. The predicted octanol–water partition coefficient (Wildman–Crippen LogP) is 2.18. The molecule has 1 aromatic carbocycles. The summed E-state index contributed by atoms with van der Waals surface area (Å²) in [5.41, 5.74) is 1.14. The van der Waals surface area contributed by atoms with E-state index in [0.29, 0.717) is 32.1 Å². The number of nitrogens with one attached hydrogen (secondary N) is 2. The summed E-state index contributed by atoms with van der Waals surface area (Å²) >= 11 is 0. The Bertz CT molecular complexity index is 519. The van der Waals surface area contributed by atoms with E-state index in [1.54, 1.807) is 0 Å². The van der Waals surface area contributed by atoms with Gasteiger partial charge in [0, 0.05) is 13.2 Å². The van der Waals surface area contributed by atoms with Gasteiger partial charge < -0.3 is 20.5 Å². The fraction of sp³-hybridized carbons (Fsp3) is 0.611. The van der Waals surface area contributed by atoms with Crippen molar-refractivity contribution in [2.75, 3.05) is 26.3 Å². The van der Waals surface area contributed by atoms with Gasteiger partial charge in [-0.2, -0.15) is 0 Å². The second-order valence-corrected chi connectivity index (χ2v) is 6.62. The molecule has 0 saturated heterocycles.